The van der Waals surface area contributed by atoms with Gasteiger partial charge in [-0.2, -0.15) is 0 Å². The van der Waals surface area contributed by atoms with Gasteiger partial charge in [-0.3, -0.25) is 4.79 Å². The lowest BCUT2D eigenvalue weighted by Crippen LogP contribution is -2.46. The van der Waals surface area contributed by atoms with Crippen LogP contribution in [0.3, 0.4) is 0 Å². The smallest absolute Gasteiger partial charge is 0.337 e. The molecule has 5 heteroatoms. The molecule has 0 aliphatic carbocycles. The summed E-state index contributed by atoms with van der Waals surface area (Å²) in [5.41, 5.74) is -1.91. The van der Waals surface area contributed by atoms with Crippen molar-refractivity contribution < 1.29 is 19.8 Å². The number of carboxylic acids is 1. The number of carbonyl (C=O) groups is 2. The molecule has 1 amide bonds. The minimum absolute atomic E-state index is 0.216. The molecule has 0 heterocycles. The van der Waals surface area contributed by atoms with Gasteiger partial charge in [-0.1, -0.05) is 27.2 Å². The summed E-state index contributed by atoms with van der Waals surface area (Å²) in [6.45, 7) is 7.01. The predicted molar refractivity (Wildman–Crippen MR) is 64.5 cm³/mol. The highest BCUT2D eigenvalue weighted by molar-refractivity contribution is 5.80. The summed E-state index contributed by atoms with van der Waals surface area (Å²) in [6.07, 6.45) is 1.27. The molecule has 0 aromatic rings. The SMILES string of the molecule is CCC(CC(=O)NCC(C)(O)C(=O)O)C(C)C. The quantitative estimate of drug-likeness (QED) is 0.624. The van der Waals surface area contributed by atoms with Crippen LogP contribution in [0.2, 0.25) is 0 Å². The molecular formula is C12H23NO4. The maximum atomic E-state index is 11.6. The van der Waals surface area contributed by atoms with E-state index in [2.05, 4.69) is 19.2 Å². The normalized spacial score (nSPS) is 16.4. The van der Waals surface area contributed by atoms with Gasteiger partial charge < -0.3 is 15.5 Å². The number of carboxylic acid groups (broad SMARTS) is 1. The van der Waals surface area contributed by atoms with Gasteiger partial charge in [-0.25, -0.2) is 4.79 Å². The monoisotopic (exact) mass is 245 g/mol. The van der Waals surface area contributed by atoms with E-state index in [1.807, 2.05) is 6.92 Å². The number of amides is 1. The number of rotatable bonds is 7. The van der Waals surface area contributed by atoms with Gasteiger partial charge in [0, 0.05) is 6.42 Å². The summed E-state index contributed by atoms with van der Waals surface area (Å²) < 4.78 is 0. The number of nitrogens with one attached hydrogen (secondary N) is 1. The van der Waals surface area contributed by atoms with Crippen molar-refractivity contribution in [2.45, 2.75) is 46.1 Å². The van der Waals surface area contributed by atoms with Crippen LogP contribution in [0.25, 0.3) is 0 Å². The first-order chi connectivity index (χ1) is 7.70. The zero-order chi connectivity index (χ0) is 13.6. The van der Waals surface area contributed by atoms with Crippen molar-refractivity contribution in [3.63, 3.8) is 0 Å². The number of aliphatic hydroxyl groups is 1. The van der Waals surface area contributed by atoms with Gasteiger partial charge in [0.2, 0.25) is 5.91 Å². The van der Waals surface area contributed by atoms with E-state index in [0.717, 1.165) is 13.3 Å². The Bertz CT molecular complexity index is 274. The molecule has 0 aromatic carbocycles. The van der Waals surface area contributed by atoms with Crippen LogP contribution in [-0.2, 0) is 9.59 Å². The van der Waals surface area contributed by atoms with Crippen molar-refractivity contribution in [3.8, 4) is 0 Å². The van der Waals surface area contributed by atoms with E-state index in [9.17, 15) is 14.7 Å². The Labute approximate surface area is 102 Å². The van der Waals surface area contributed by atoms with Crippen LogP contribution < -0.4 is 5.32 Å². The second-order valence-corrected chi connectivity index (χ2v) is 4.97. The summed E-state index contributed by atoms with van der Waals surface area (Å²) in [5, 5.41) is 20.6. The van der Waals surface area contributed by atoms with Gasteiger partial charge in [0.1, 0.15) is 0 Å². The standard InChI is InChI=1S/C12H23NO4/c1-5-9(8(2)3)6-10(14)13-7-12(4,17)11(15)16/h8-9,17H,5-7H2,1-4H3,(H,13,14)(H,15,16). The van der Waals surface area contributed by atoms with Crippen LogP contribution in [-0.4, -0.2) is 34.2 Å². The minimum atomic E-state index is -1.91. The third-order valence-electron chi connectivity index (χ3n) is 3.01. The van der Waals surface area contributed by atoms with E-state index in [0.29, 0.717) is 12.3 Å². The Balaban J connectivity index is 4.16. The van der Waals surface area contributed by atoms with E-state index in [1.54, 1.807) is 0 Å². The molecule has 0 saturated carbocycles. The van der Waals surface area contributed by atoms with Crippen LogP contribution in [0.5, 0.6) is 0 Å². The van der Waals surface area contributed by atoms with Gasteiger partial charge in [0.25, 0.3) is 0 Å². The van der Waals surface area contributed by atoms with Gasteiger partial charge in [-0.05, 0) is 18.8 Å². The first-order valence-electron chi connectivity index (χ1n) is 5.93. The summed E-state index contributed by atoms with van der Waals surface area (Å²) in [5.74, 6) is -0.865. The summed E-state index contributed by atoms with van der Waals surface area (Å²) in [4.78, 5) is 22.2. The molecule has 0 saturated heterocycles. The zero-order valence-electron chi connectivity index (χ0n) is 11.0. The maximum Gasteiger partial charge on any atom is 0.337 e. The zero-order valence-corrected chi connectivity index (χ0v) is 11.0. The Morgan fingerprint density at radius 2 is 1.88 bits per heavy atom. The Morgan fingerprint density at radius 3 is 2.24 bits per heavy atom. The van der Waals surface area contributed by atoms with Crippen molar-refractivity contribution in [3.05, 3.63) is 0 Å². The number of aliphatic carboxylic acids is 1. The predicted octanol–water partition coefficient (Wildman–Crippen LogP) is 1.01. The van der Waals surface area contributed by atoms with Gasteiger partial charge in [-0.15, -0.1) is 0 Å². The number of hydrogen-bond donors (Lipinski definition) is 3. The fourth-order valence-electron chi connectivity index (χ4n) is 1.51. The third-order valence-corrected chi connectivity index (χ3v) is 3.01. The highest BCUT2D eigenvalue weighted by Crippen LogP contribution is 2.18. The lowest BCUT2D eigenvalue weighted by Gasteiger charge is -2.21. The van der Waals surface area contributed by atoms with E-state index in [1.165, 1.54) is 0 Å². The second-order valence-electron chi connectivity index (χ2n) is 4.97. The summed E-state index contributed by atoms with van der Waals surface area (Å²) in [7, 11) is 0. The molecule has 2 unspecified atom stereocenters. The number of carbonyl (C=O) groups excluding carboxylic acids is 1. The summed E-state index contributed by atoms with van der Waals surface area (Å²) >= 11 is 0. The molecule has 17 heavy (non-hydrogen) atoms. The van der Waals surface area contributed by atoms with E-state index < -0.39 is 11.6 Å². The van der Waals surface area contributed by atoms with Crippen LogP contribution in [0.4, 0.5) is 0 Å². The van der Waals surface area contributed by atoms with Crippen molar-refractivity contribution in [2.24, 2.45) is 11.8 Å². The Morgan fingerprint density at radius 1 is 1.35 bits per heavy atom. The second kappa shape index (κ2) is 6.59. The average molecular weight is 245 g/mol. The summed E-state index contributed by atoms with van der Waals surface area (Å²) in [6, 6.07) is 0. The van der Waals surface area contributed by atoms with Crippen molar-refractivity contribution in [2.75, 3.05) is 6.54 Å². The fraction of sp³-hybridized carbons (Fsp3) is 0.833. The molecule has 0 bridgehead atoms. The van der Waals surface area contributed by atoms with Gasteiger partial charge >= 0.3 is 5.97 Å². The molecule has 3 N–H and O–H groups in total. The molecule has 2 atom stereocenters. The highest BCUT2D eigenvalue weighted by atomic mass is 16.4. The van der Waals surface area contributed by atoms with Crippen molar-refractivity contribution in [1.82, 2.24) is 5.32 Å². The molecule has 0 aliphatic rings. The number of hydrogen-bond acceptors (Lipinski definition) is 3. The van der Waals surface area contributed by atoms with E-state index in [4.69, 9.17) is 5.11 Å². The van der Waals surface area contributed by atoms with Crippen LogP contribution in [0.1, 0.15) is 40.5 Å². The molecule has 0 aliphatic heterocycles. The lowest BCUT2D eigenvalue weighted by molar-refractivity contribution is -0.156. The lowest BCUT2D eigenvalue weighted by atomic mass is 9.90. The maximum absolute atomic E-state index is 11.6. The topological polar surface area (TPSA) is 86.6 Å². The molecular weight excluding hydrogens is 222 g/mol. The van der Waals surface area contributed by atoms with Crippen molar-refractivity contribution >= 4 is 11.9 Å². The minimum Gasteiger partial charge on any atom is -0.479 e. The molecule has 0 fully saturated rings. The fourth-order valence-corrected chi connectivity index (χ4v) is 1.51. The molecule has 100 valence electrons. The van der Waals surface area contributed by atoms with Crippen LogP contribution in [0, 0.1) is 11.8 Å². The molecule has 0 spiro atoms. The highest BCUT2D eigenvalue weighted by Gasteiger charge is 2.30. The Kier molecular flexibility index (Phi) is 6.16. The van der Waals surface area contributed by atoms with Crippen LogP contribution in [0.15, 0.2) is 0 Å². The van der Waals surface area contributed by atoms with Gasteiger partial charge in [0.05, 0.1) is 6.54 Å². The van der Waals surface area contributed by atoms with Crippen molar-refractivity contribution in [1.29, 1.82) is 0 Å². The van der Waals surface area contributed by atoms with Crippen LogP contribution >= 0.6 is 0 Å². The largest absolute Gasteiger partial charge is 0.479 e. The molecule has 5 nitrogen and oxygen atoms in total. The molecule has 0 radical (unpaired) electrons. The Hall–Kier alpha value is -1.10. The van der Waals surface area contributed by atoms with E-state index in [-0.39, 0.29) is 18.4 Å². The average Bonchev–Trinajstić information content (AvgIpc) is 2.22. The van der Waals surface area contributed by atoms with Gasteiger partial charge in [0.15, 0.2) is 5.60 Å². The first kappa shape index (κ1) is 15.9. The molecule has 0 aromatic heterocycles. The van der Waals surface area contributed by atoms with E-state index >= 15 is 0 Å². The first-order valence-corrected chi connectivity index (χ1v) is 5.93. The third kappa shape index (κ3) is 5.68. The molecule has 0 rings (SSSR count).